The van der Waals surface area contributed by atoms with E-state index in [1.54, 1.807) is 21.1 Å². The number of H-pyrrole nitrogens is 1. The Balaban J connectivity index is 1.54. The first-order valence-electron chi connectivity index (χ1n) is 18.9. The van der Waals surface area contributed by atoms with Crippen molar-refractivity contribution in [3.63, 3.8) is 0 Å². The van der Waals surface area contributed by atoms with Crippen LogP contribution in [0.3, 0.4) is 0 Å². The number of aryl methyl sites for hydroxylation is 1. The van der Waals surface area contributed by atoms with Gasteiger partial charge in [-0.25, -0.2) is 9.46 Å². The van der Waals surface area contributed by atoms with Gasteiger partial charge in [-0.05, 0) is 75.6 Å². The monoisotopic (exact) mass is 799 g/mol. The van der Waals surface area contributed by atoms with E-state index in [-0.39, 0.29) is 49.6 Å². The highest BCUT2D eigenvalue weighted by Gasteiger charge is 2.63. The Labute approximate surface area is 333 Å². The van der Waals surface area contributed by atoms with Crippen LogP contribution in [-0.2, 0) is 28.9 Å². The molecule has 1 unspecified atom stereocenters. The third-order valence-electron chi connectivity index (χ3n) is 10.3. The van der Waals surface area contributed by atoms with Crippen LogP contribution in [0.25, 0.3) is 0 Å². The third kappa shape index (κ3) is 8.41. The molecule has 5 atom stereocenters. The molecule has 3 heterocycles. The van der Waals surface area contributed by atoms with Crippen molar-refractivity contribution in [1.82, 2.24) is 19.5 Å². The van der Waals surface area contributed by atoms with E-state index in [0.29, 0.717) is 11.5 Å². The minimum atomic E-state index is -1.86. The summed E-state index contributed by atoms with van der Waals surface area (Å²) >= 11 is 0. The zero-order valence-electron chi connectivity index (χ0n) is 33.3. The second kappa shape index (κ2) is 17.7. The zero-order chi connectivity index (χ0) is 40.9. The molecule has 0 radical (unpaired) electrons. The van der Waals surface area contributed by atoms with Gasteiger partial charge in [0.25, 0.3) is 14.1 Å². The Morgan fingerprint density at radius 3 is 2.05 bits per heavy atom. The Morgan fingerprint density at radius 1 is 0.930 bits per heavy atom. The van der Waals surface area contributed by atoms with Crippen LogP contribution in [0.5, 0.6) is 11.5 Å². The van der Waals surface area contributed by atoms with E-state index < -0.39 is 49.4 Å². The molecule has 302 valence electrons. The summed E-state index contributed by atoms with van der Waals surface area (Å²) in [5, 5.41) is 12.4. The van der Waals surface area contributed by atoms with Crippen molar-refractivity contribution in [3.8, 4) is 17.6 Å². The van der Waals surface area contributed by atoms with Gasteiger partial charge in [-0.15, -0.1) is 0 Å². The number of aromatic amines is 1. The number of methoxy groups -OCH3 is 2. The first-order valence-corrected chi connectivity index (χ1v) is 20.0. The highest BCUT2D eigenvalue weighted by atomic mass is 31.2. The summed E-state index contributed by atoms with van der Waals surface area (Å²) in [6.07, 6.45) is -0.673. The molecule has 2 aliphatic rings. The van der Waals surface area contributed by atoms with E-state index >= 15 is 0 Å². The van der Waals surface area contributed by atoms with Gasteiger partial charge in [0, 0.05) is 23.8 Å². The van der Waals surface area contributed by atoms with Gasteiger partial charge in [-0.1, -0.05) is 54.6 Å². The number of rotatable bonds is 17. The largest absolute Gasteiger partial charge is 0.497 e. The lowest BCUT2D eigenvalue weighted by Gasteiger charge is -2.44. The molecular weight excluding hydrogens is 749 g/mol. The van der Waals surface area contributed by atoms with Gasteiger partial charge < -0.3 is 33.3 Å². The van der Waals surface area contributed by atoms with Crippen molar-refractivity contribution < 1.29 is 32.8 Å². The van der Waals surface area contributed by atoms with Crippen LogP contribution in [0.15, 0.2) is 94.6 Å². The van der Waals surface area contributed by atoms with Gasteiger partial charge in [0.1, 0.15) is 34.8 Å². The predicted molar refractivity (Wildman–Crippen MR) is 214 cm³/mol. The maximum Gasteiger partial charge on any atom is 0.330 e. The molecule has 4 aromatic rings. The number of carbonyl (C=O) groups is 1. The van der Waals surface area contributed by atoms with Gasteiger partial charge in [-0.2, -0.15) is 5.26 Å². The van der Waals surface area contributed by atoms with E-state index in [2.05, 4.69) is 21.0 Å². The fourth-order valence-corrected chi connectivity index (χ4v) is 9.51. The molecule has 2 fully saturated rings. The minimum absolute atomic E-state index is 0.0294. The summed E-state index contributed by atoms with van der Waals surface area (Å²) < 4.78 is 42.2. The lowest BCUT2D eigenvalue weighted by Crippen LogP contribution is -2.61. The van der Waals surface area contributed by atoms with Crippen LogP contribution >= 0.6 is 8.53 Å². The quantitative estimate of drug-likeness (QED) is 0.0766. The Bertz CT molecular complexity index is 2100. The summed E-state index contributed by atoms with van der Waals surface area (Å²) in [6, 6.07) is 26.1. The van der Waals surface area contributed by atoms with Gasteiger partial charge in [0.15, 0.2) is 6.23 Å². The maximum absolute atomic E-state index is 13.8. The molecule has 1 aromatic heterocycles. The summed E-state index contributed by atoms with van der Waals surface area (Å²) in [6.45, 7) is 9.62. The van der Waals surface area contributed by atoms with E-state index in [0.717, 1.165) is 16.7 Å². The standard InChI is InChI=1S/C42H50N5O9P/c1-27(2)47(28(3)4)57(54-23-11-22-43)56-37-36-39(46-25-29(5)38(49)45-40(46)50)55-41(37,24-35(48)44-36)26-53-42(30-12-9-8-10-13-30,31-14-18-33(51-6)19-15-31)32-16-20-34(52-7)21-17-32/h8-10,12-21,25,27-28,36-37,39H,11,23-24,26H2,1-7H3,(H,44,48)(H,45,49,50)/t36-,37+,39-,41-,57?/m1/s1. The molecule has 0 saturated carbocycles. The number of hydrogen-bond donors (Lipinski definition) is 2. The molecule has 2 N–H and O–H groups in total. The summed E-state index contributed by atoms with van der Waals surface area (Å²) in [5.41, 5.74) is -1.42. The first kappa shape index (κ1) is 41.8. The number of carbonyl (C=O) groups excluding carboxylic acids is 1. The van der Waals surface area contributed by atoms with Crippen LogP contribution in [0.2, 0.25) is 0 Å². The second-order valence-corrected chi connectivity index (χ2v) is 16.1. The molecule has 6 rings (SSSR count). The van der Waals surface area contributed by atoms with E-state index in [9.17, 15) is 19.6 Å². The Morgan fingerprint density at radius 2 is 1.51 bits per heavy atom. The summed E-state index contributed by atoms with van der Waals surface area (Å²) in [5.74, 6) is 0.976. The van der Waals surface area contributed by atoms with Crippen LogP contribution in [0, 0.1) is 18.3 Å². The van der Waals surface area contributed by atoms with Gasteiger partial charge >= 0.3 is 5.69 Å². The van der Waals surface area contributed by atoms with Crippen molar-refractivity contribution in [2.75, 3.05) is 27.4 Å². The number of nitriles is 1. The average molecular weight is 800 g/mol. The van der Waals surface area contributed by atoms with Crippen molar-refractivity contribution in [2.24, 2.45) is 0 Å². The first-order chi connectivity index (χ1) is 27.4. The molecular formula is C42H50N5O9P. The SMILES string of the molecule is COc1ccc(C(OC[C@@]23CC(=O)N[C@@H]([C@H](n4cc(C)c(=O)[nH]c4=O)O2)[C@@H]3OP(OCCC#N)N(C(C)C)C(C)C)(c2ccccc2)c2ccc(OC)cc2)cc1. The van der Waals surface area contributed by atoms with Crippen LogP contribution in [-0.4, -0.2) is 77.4 Å². The van der Waals surface area contributed by atoms with Crippen LogP contribution in [0.1, 0.15) is 69.0 Å². The highest BCUT2D eigenvalue weighted by molar-refractivity contribution is 7.44. The zero-order valence-corrected chi connectivity index (χ0v) is 34.2. The number of amides is 1. The van der Waals surface area contributed by atoms with E-state index in [1.807, 2.05) is 107 Å². The number of ether oxygens (including phenoxy) is 4. The molecule has 0 aliphatic carbocycles. The van der Waals surface area contributed by atoms with Crippen LogP contribution in [0.4, 0.5) is 0 Å². The van der Waals surface area contributed by atoms with Gasteiger partial charge in [0.05, 0.1) is 46.3 Å². The topological polar surface area (TPSA) is 166 Å². The summed E-state index contributed by atoms with van der Waals surface area (Å²) in [7, 11) is 1.34. The smallest absolute Gasteiger partial charge is 0.330 e. The fraction of sp³-hybridized carbons (Fsp3) is 0.429. The number of aromatic nitrogens is 2. The molecule has 2 bridgehead atoms. The van der Waals surface area contributed by atoms with Gasteiger partial charge in [0.2, 0.25) is 5.91 Å². The van der Waals surface area contributed by atoms with Crippen molar-refractivity contribution in [2.45, 2.75) is 89.1 Å². The van der Waals surface area contributed by atoms with E-state index in [1.165, 1.54) is 10.8 Å². The normalized spacial score (nSPS) is 21.1. The fourth-order valence-electron chi connectivity index (χ4n) is 7.69. The van der Waals surface area contributed by atoms with Gasteiger partial charge in [-0.3, -0.25) is 19.1 Å². The minimum Gasteiger partial charge on any atom is -0.497 e. The van der Waals surface area contributed by atoms with Crippen molar-refractivity contribution in [3.05, 3.63) is 128 Å². The Hall–Kier alpha value is -4.87. The highest BCUT2D eigenvalue weighted by Crippen LogP contribution is 2.55. The molecule has 57 heavy (non-hydrogen) atoms. The van der Waals surface area contributed by atoms with Crippen molar-refractivity contribution >= 4 is 14.4 Å². The molecule has 0 spiro atoms. The number of piperidine rings is 1. The molecule has 15 heteroatoms. The third-order valence-corrected chi connectivity index (χ3v) is 12.4. The maximum atomic E-state index is 13.8. The number of nitrogens with one attached hydrogen (secondary N) is 2. The molecule has 2 saturated heterocycles. The molecule has 14 nitrogen and oxygen atoms in total. The number of fused-ring (bicyclic) bond motifs is 2. The second-order valence-electron chi connectivity index (χ2n) is 14.7. The van der Waals surface area contributed by atoms with Crippen molar-refractivity contribution in [1.29, 1.82) is 5.26 Å². The predicted octanol–water partition coefficient (Wildman–Crippen LogP) is 5.69. The molecule has 3 aromatic carbocycles. The average Bonchev–Trinajstić information content (AvgIpc) is 3.37. The number of nitrogens with zero attached hydrogens (tertiary/aromatic N) is 3. The van der Waals surface area contributed by atoms with E-state index in [4.69, 9.17) is 28.0 Å². The lowest BCUT2D eigenvalue weighted by molar-refractivity contribution is -0.167. The number of hydrogen-bond acceptors (Lipinski definition) is 11. The molecule has 2 aliphatic heterocycles. The lowest BCUT2D eigenvalue weighted by atomic mass is 9.79. The molecule has 1 amide bonds. The van der Waals surface area contributed by atoms with Crippen LogP contribution < -0.4 is 26.0 Å². The summed E-state index contributed by atoms with van der Waals surface area (Å²) in [4.78, 5) is 42.2. The number of benzene rings is 3. The Kier molecular flexibility index (Phi) is 13.0.